The molecule has 1 heteroatoms. The molecular formula is C9H15N. The number of nitriles is 1. The van der Waals surface area contributed by atoms with Crippen LogP contribution >= 0.6 is 0 Å². The van der Waals surface area contributed by atoms with E-state index in [9.17, 15) is 0 Å². The van der Waals surface area contributed by atoms with Crippen LogP contribution in [0.1, 0.15) is 32.6 Å². The van der Waals surface area contributed by atoms with Gasteiger partial charge in [-0.3, -0.25) is 0 Å². The number of hydrogen-bond acceptors (Lipinski definition) is 1. The van der Waals surface area contributed by atoms with Crippen LogP contribution in [-0.4, -0.2) is 0 Å². The maximum Gasteiger partial charge on any atom is 0.0655 e. The summed E-state index contributed by atoms with van der Waals surface area (Å²) < 4.78 is 0. The zero-order valence-corrected chi connectivity index (χ0v) is 6.64. The molecule has 56 valence electrons. The number of rotatable bonds is 5. The summed E-state index contributed by atoms with van der Waals surface area (Å²) in [6.07, 6.45) is 6.06. The number of unbranched alkanes of at least 4 members (excludes halogenated alkanes) is 1. The highest BCUT2D eigenvalue weighted by atomic mass is 14.3. The zero-order valence-electron chi connectivity index (χ0n) is 6.64. The average Bonchev–Trinajstić information content (AvgIpc) is 1.99. The molecule has 0 aliphatic heterocycles. The first-order chi connectivity index (χ1) is 4.85. The van der Waals surface area contributed by atoms with Gasteiger partial charge in [0, 0.05) is 5.92 Å². The summed E-state index contributed by atoms with van der Waals surface area (Å²) in [5, 5.41) is 8.55. The van der Waals surface area contributed by atoms with Gasteiger partial charge in [0.05, 0.1) is 6.07 Å². The predicted octanol–water partition coefficient (Wildman–Crippen LogP) is 2.89. The van der Waals surface area contributed by atoms with E-state index in [4.69, 9.17) is 5.26 Å². The predicted molar refractivity (Wildman–Crippen MR) is 43.4 cm³/mol. The van der Waals surface area contributed by atoms with E-state index in [0.717, 1.165) is 25.7 Å². The largest absolute Gasteiger partial charge is 0.198 e. The molecule has 1 unspecified atom stereocenters. The third kappa shape index (κ3) is 4.14. The molecule has 0 amide bonds. The highest BCUT2D eigenvalue weighted by Crippen LogP contribution is 2.10. The molecule has 0 aliphatic carbocycles. The lowest BCUT2D eigenvalue weighted by Gasteiger charge is -2.01. The number of hydrogen-bond donors (Lipinski definition) is 0. The Balaban J connectivity index is 3.28. The highest BCUT2D eigenvalue weighted by Gasteiger charge is 2.01. The van der Waals surface area contributed by atoms with Crippen molar-refractivity contribution in [2.45, 2.75) is 32.6 Å². The van der Waals surface area contributed by atoms with Crippen molar-refractivity contribution in [3.8, 4) is 6.07 Å². The van der Waals surface area contributed by atoms with Gasteiger partial charge in [0.2, 0.25) is 0 Å². The van der Waals surface area contributed by atoms with Gasteiger partial charge >= 0.3 is 0 Å². The van der Waals surface area contributed by atoms with Gasteiger partial charge in [0.25, 0.3) is 0 Å². The van der Waals surface area contributed by atoms with Crippen LogP contribution < -0.4 is 0 Å². The number of allylic oxidation sites excluding steroid dienone is 1. The van der Waals surface area contributed by atoms with E-state index in [1.54, 1.807) is 0 Å². The lowest BCUT2D eigenvalue weighted by atomic mass is 10.0. The van der Waals surface area contributed by atoms with Gasteiger partial charge in [0.15, 0.2) is 0 Å². The SMILES string of the molecule is C=CCCCC(C#N)CC. The van der Waals surface area contributed by atoms with Gasteiger partial charge < -0.3 is 0 Å². The minimum atomic E-state index is 0.264. The summed E-state index contributed by atoms with van der Waals surface area (Å²) in [7, 11) is 0. The third-order valence-electron chi connectivity index (χ3n) is 1.64. The van der Waals surface area contributed by atoms with Crippen LogP contribution in [0.25, 0.3) is 0 Å². The van der Waals surface area contributed by atoms with Crippen molar-refractivity contribution in [3.05, 3.63) is 12.7 Å². The second-order valence-corrected chi connectivity index (χ2v) is 2.45. The fourth-order valence-corrected chi connectivity index (χ4v) is 0.869. The summed E-state index contributed by atoms with van der Waals surface area (Å²) in [5.74, 6) is 0.264. The summed E-state index contributed by atoms with van der Waals surface area (Å²) in [6, 6.07) is 2.28. The lowest BCUT2D eigenvalue weighted by molar-refractivity contribution is 0.560. The van der Waals surface area contributed by atoms with Crippen LogP contribution in [-0.2, 0) is 0 Å². The van der Waals surface area contributed by atoms with Crippen molar-refractivity contribution in [2.24, 2.45) is 5.92 Å². The Bertz CT molecular complexity index is 121. The van der Waals surface area contributed by atoms with E-state index in [2.05, 4.69) is 19.6 Å². The molecule has 0 rings (SSSR count). The zero-order chi connectivity index (χ0) is 7.82. The molecule has 0 heterocycles. The van der Waals surface area contributed by atoms with E-state index >= 15 is 0 Å². The molecule has 1 atom stereocenters. The standard InChI is InChI=1S/C9H15N/c1-3-5-6-7-9(4-2)8-10/h3,9H,1,4-7H2,2H3. The molecule has 0 radical (unpaired) electrons. The molecule has 1 nitrogen and oxygen atoms in total. The highest BCUT2D eigenvalue weighted by molar-refractivity contribution is 4.81. The van der Waals surface area contributed by atoms with Crippen molar-refractivity contribution in [3.63, 3.8) is 0 Å². The molecule has 0 aliphatic rings. The summed E-state index contributed by atoms with van der Waals surface area (Å²) >= 11 is 0. The maximum atomic E-state index is 8.55. The van der Waals surface area contributed by atoms with Crippen molar-refractivity contribution >= 4 is 0 Å². The molecule has 0 aromatic rings. The van der Waals surface area contributed by atoms with Crippen molar-refractivity contribution in [2.75, 3.05) is 0 Å². The monoisotopic (exact) mass is 137 g/mol. The quantitative estimate of drug-likeness (QED) is 0.422. The summed E-state index contributed by atoms with van der Waals surface area (Å²) in [5.41, 5.74) is 0. The molecule has 0 bridgehead atoms. The van der Waals surface area contributed by atoms with Gasteiger partial charge in [-0.2, -0.15) is 5.26 Å². The van der Waals surface area contributed by atoms with E-state index in [0.29, 0.717) is 0 Å². The molecule has 0 N–H and O–H groups in total. The Morgan fingerprint density at radius 2 is 2.40 bits per heavy atom. The molecule has 0 aromatic carbocycles. The normalized spacial score (nSPS) is 12.0. The minimum Gasteiger partial charge on any atom is -0.198 e. The fraction of sp³-hybridized carbons (Fsp3) is 0.667. The van der Waals surface area contributed by atoms with E-state index in [1.165, 1.54) is 0 Å². The average molecular weight is 137 g/mol. The minimum absolute atomic E-state index is 0.264. The Morgan fingerprint density at radius 1 is 1.70 bits per heavy atom. The first-order valence-corrected chi connectivity index (χ1v) is 3.85. The van der Waals surface area contributed by atoms with Gasteiger partial charge in [-0.15, -0.1) is 6.58 Å². The van der Waals surface area contributed by atoms with E-state index in [-0.39, 0.29) is 5.92 Å². The van der Waals surface area contributed by atoms with Crippen LogP contribution in [0.15, 0.2) is 12.7 Å². The van der Waals surface area contributed by atoms with Crippen molar-refractivity contribution in [1.82, 2.24) is 0 Å². The second kappa shape index (κ2) is 6.35. The Hall–Kier alpha value is -0.770. The number of nitrogens with zero attached hydrogens (tertiary/aromatic N) is 1. The molecule has 0 saturated carbocycles. The van der Waals surface area contributed by atoms with Crippen LogP contribution in [0, 0.1) is 17.2 Å². The summed E-state index contributed by atoms with van der Waals surface area (Å²) in [4.78, 5) is 0. The topological polar surface area (TPSA) is 23.8 Å². The van der Waals surface area contributed by atoms with Crippen LogP contribution in [0.2, 0.25) is 0 Å². The van der Waals surface area contributed by atoms with E-state index in [1.807, 2.05) is 6.08 Å². The molecule has 0 fully saturated rings. The van der Waals surface area contributed by atoms with Gasteiger partial charge in [0.1, 0.15) is 0 Å². The van der Waals surface area contributed by atoms with Crippen molar-refractivity contribution < 1.29 is 0 Å². The Labute approximate surface area is 63.4 Å². The van der Waals surface area contributed by atoms with Crippen LogP contribution in [0.3, 0.4) is 0 Å². The second-order valence-electron chi connectivity index (χ2n) is 2.45. The molecule has 10 heavy (non-hydrogen) atoms. The maximum absolute atomic E-state index is 8.55. The van der Waals surface area contributed by atoms with Gasteiger partial charge in [-0.1, -0.05) is 13.0 Å². The first-order valence-electron chi connectivity index (χ1n) is 3.85. The third-order valence-corrected chi connectivity index (χ3v) is 1.64. The molecule has 0 aromatic heterocycles. The smallest absolute Gasteiger partial charge is 0.0655 e. The Morgan fingerprint density at radius 3 is 2.80 bits per heavy atom. The Kier molecular flexibility index (Phi) is 5.86. The summed E-state index contributed by atoms with van der Waals surface area (Å²) in [6.45, 7) is 5.68. The van der Waals surface area contributed by atoms with Gasteiger partial charge in [-0.05, 0) is 25.7 Å². The van der Waals surface area contributed by atoms with Crippen LogP contribution in [0.4, 0.5) is 0 Å². The fourth-order valence-electron chi connectivity index (χ4n) is 0.869. The first kappa shape index (κ1) is 9.23. The lowest BCUT2D eigenvalue weighted by Crippen LogP contribution is -1.93. The molecule has 0 saturated heterocycles. The van der Waals surface area contributed by atoms with Gasteiger partial charge in [-0.25, -0.2) is 0 Å². The van der Waals surface area contributed by atoms with E-state index < -0.39 is 0 Å². The molecular weight excluding hydrogens is 122 g/mol. The van der Waals surface area contributed by atoms with Crippen LogP contribution in [0.5, 0.6) is 0 Å². The van der Waals surface area contributed by atoms with Crippen molar-refractivity contribution in [1.29, 1.82) is 5.26 Å². The molecule has 0 spiro atoms.